The molecule has 0 atom stereocenters. The van der Waals surface area contributed by atoms with E-state index in [9.17, 15) is 10.1 Å². The van der Waals surface area contributed by atoms with Crippen molar-refractivity contribution in [2.45, 2.75) is 32.2 Å². The highest BCUT2D eigenvalue weighted by Gasteiger charge is 2.22. The van der Waals surface area contributed by atoms with Crippen molar-refractivity contribution >= 4 is 5.69 Å². The molecule has 1 fully saturated rings. The zero-order valence-corrected chi connectivity index (χ0v) is 11.7. The predicted octanol–water partition coefficient (Wildman–Crippen LogP) is 2.25. The van der Waals surface area contributed by atoms with Crippen LogP contribution in [0.1, 0.15) is 24.3 Å². The molecule has 110 valence electrons. The van der Waals surface area contributed by atoms with E-state index in [4.69, 9.17) is 4.42 Å². The Bertz CT molecular complexity index is 664. The largest absolute Gasteiger partial charge is 0.420 e. The van der Waals surface area contributed by atoms with E-state index in [0.717, 1.165) is 12.1 Å². The van der Waals surface area contributed by atoms with E-state index in [0.29, 0.717) is 23.9 Å². The van der Waals surface area contributed by atoms with Crippen LogP contribution in [-0.2, 0) is 6.42 Å². The molecule has 3 rings (SSSR count). The first-order valence-electron chi connectivity index (χ1n) is 6.94. The fraction of sp³-hybridized carbons (Fsp3) is 0.429. The van der Waals surface area contributed by atoms with Crippen molar-refractivity contribution in [3.05, 3.63) is 39.8 Å². The first-order chi connectivity index (χ1) is 10.1. The van der Waals surface area contributed by atoms with E-state index in [1.807, 2.05) is 6.92 Å². The normalized spacial score (nSPS) is 14.3. The predicted molar refractivity (Wildman–Crippen MR) is 75.9 cm³/mol. The fourth-order valence-electron chi connectivity index (χ4n) is 2.11. The van der Waals surface area contributed by atoms with Crippen molar-refractivity contribution in [2.24, 2.45) is 0 Å². The van der Waals surface area contributed by atoms with E-state index in [2.05, 4.69) is 15.5 Å². The van der Waals surface area contributed by atoms with E-state index in [-0.39, 0.29) is 11.6 Å². The Morgan fingerprint density at radius 2 is 2.24 bits per heavy atom. The number of nitrogens with one attached hydrogen (secondary N) is 1. The third-order valence-electron chi connectivity index (χ3n) is 3.40. The second kappa shape index (κ2) is 5.61. The van der Waals surface area contributed by atoms with Gasteiger partial charge in [0.05, 0.1) is 4.92 Å². The van der Waals surface area contributed by atoms with Gasteiger partial charge in [-0.15, -0.1) is 10.2 Å². The summed E-state index contributed by atoms with van der Waals surface area (Å²) in [7, 11) is 0. The van der Waals surface area contributed by atoms with Gasteiger partial charge in [0, 0.05) is 25.1 Å². The van der Waals surface area contributed by atoms with Crippen molar-refractivity contribution in [3.63, 3.8) is 0 Å². The summed E-state index contributed by atoms with van der Waals surface area (Å²) < 4.78 is 5.55. The Labute approximate surface area is 121 Å². The summed E-state index contributed by atoms with van der Waals surface area (Å²) in [5.41, 5.74) is 1.26. The Kier molecular flexibility index (Phi) is 3.66. The van der Waals surface area contributed by atoms with Gasteiger partial charge in [0.2, 0.25) is 5.89 Å². The number of aromatic nitrogens is 2. The van der Waals surface area contributed by atoms with Crippen LogP contribution in [0.15, 0.2) is 22.6 Å². The zero-order valence-electron chi connectivity index (χ0n) is 11.7. The van der Waals surface area contributed by atoms with Crippen LogP contribution >= 0.6 is 0 Å². The Hall–Kier alpha value is -2.28. The molecule has 1 aromatic heterocycles. The third-order valence-corrected chi connectivity index (χ3v) is 3.40. The number of nitro groups is 1. The molecule has 2 aromatic rings. The maximum Gasteiger partial charge on any atom is 0.282 e. The van der Waals surface area contributed by atoms with Crippen molar-refractivity contribution < 1.29 is 9.34 Å². The van der Waals surface area contributed by atoms with Crippen molar-refractivity contribution in [1.82, 2.24) is 15.5 Å². The number of hydrogen-bond donors (Lipinski definition) is 1. The maximum atomic E-state index is 11.1. The van der Waals surface area contributed by atoms with Gasteiger partial charge < -0.3 is 9.73 Å². The van der Waals surface area contributed by atoms with E-state index in [1.165, 1.54) is 18.9 Å². The lowest BCUT2D eigenvalue weighted by Gasteiger charge is -2.00. The average Bonchev–Trinajstić information content (AvgIpc) is 3.14. The van der Waals surface area contributed by atoms with Gasteiger partial charge in [-0.05, 0) is 31.4 Å². The smallest absolute Gasteiger partial charge is 0.282 e. The molecule has 7 heteroatoms. The fourth-order valence-corrected chi connectivity index (χ4v) is 2.11. The number of nitrogens with zero attached hydrogens (tertiary/aromatic N) is 3. The number of aryl methyl sites for hydroxylation is 1. The molecule has 1 aliphatic carbocycles. The molecule has 0 unspecified atom stereocenters. The molecule has 0 saturated heterocycles. The highest BCUT2D eigenvalue weighted by atomic mass is 16.6. The van der Waals surface area contributed by atoms with Crippen LogP contribution in [0.25, 0.3) is 11.5 Å². The van der Waals surface area contributed by atoms with Crippen molar-refractivity contribution in [3.8, 4) is 11.5 Å². The van der Waals surface area contributed by atoms with Crippen molar-refractivity contribution in [1.29, 1.82) is 0 Å². The van der Waals surface area contributed by atoms with Crippen LogP contribution in [0.3, 0.4) is 0 Å². The molecule has 1 saturated carbocycles. The van der Waals surface area contributed by atoms with E-state index in [1.54, 1.807) is 12.1 Å². The van der Waals surface area contributed by atoms with E-state index >= 15 is 0 Å². The molecule has 1 aliphatic rings. The van der Waals surface area contributed by atoms with Crippen LogP contribution in [0, 0.1) is 17.0 Å². The number of benzene rings is 1. The van der Waals surface area contributed by atoms with Gasteiger partial charge in [0.25, 0.3) is 11.6 Å². The summed E-state index contributed by atoms with van der Waals surface area (Å²) >= 11 is 0. The average molecular weight is 288 g/mol. The molecule has 0 amide bonds. The molecule has 1 N–H and O–H groups in total. The first-order valence-corrected chi connectivity index (χ1v) is 6.94. The van der Waals surface area contributed by atoms with Crippen LogP contribution in [0.5, 0.6) is 0 Å². The minimum Gasteiger partial charge on any atom is -0.420 e. The Balaban J connectivity index is 1.78. The van der Waals surface area contributed by atoms with Gasteiger partial charge in [-0.3, -0.25) is 10.1 Å². The summed E-state index contributed by atoms with van der Waals surface area (Å²) in [4.78, 5) is 10.6. The zero-order chi connectivity index (χ0) is 14.8. The minimum absolute atomic E-state index is 0.0214. The SMILES string of the molecule is Cc1ccc([N+](=O)[O-])c(-c2nnc(CCNC3CC3)o2)c1. The topological polar surface area (TPSA) is 94.1 Å². The van der Waals surface area contributed by atoms with Crippen molar-refractivity contribution in [2.75, 3.05) is 6.54 Å². The van der Waals surface area contributed by atoms with Gasteiger partial charge in [0.1, 0.15) is 5.56 Å². The molecular weight excluding hydrogens is 272 g/mol. The molecule has 21 heavy (non-hydrogen) atoms. The number of hydrogen-bond acceptors (Lipinski definition) is 6. The lowest BCUT2D eigenvalue weighted by molar-refractivity contribution is -0.384. The molecular formula is C14H16N4O3. The highest BCUT2D eigenvalue weighted by molar-refractivity contribution is 5.67. The van der Waals surface area contributed by atoms with Crippen LogP contribution in [0.2, 0.25) is 0 Å². The molecule has 1 aromatic carbocycles. The summed E-state index contributed by atoms with van der Waals surface area (Å²) in [6.45, 7) is 2.65. The molecule has 1 heterocycles. The summed E-state index contributed by atoms with van der Waals surface area (Å²) in [5.74, 6) is 0.695. The molecule has 7 nitrogen and oxygen atoms in total. The second-order valence-electron chi connectivity index (χ2n) is 5.26. The molecule has 0 radical (unpaired) electrons. The Morgan fingerprint density at radius 3 is 2.95 bits per heavy atom. The van der Waals surface area contributed by atoms with Gasteiger partial charge in [-0.2, -0.15) is 0 Å². The quantitative estimate of drug-likeness (QED) is 0.647. The monoisotopic (exact) mass is 288 g/mol. The lowest BCUT2D eigenvalue weighted by Crippen LogP contribution is -2.19. The summed E-state index contributed by atoms with van der Waals surface area (Å²) in [6, 6.07) is 5.48. The molecule has 0 bridgehead atoms. The summed E-state index contributed by atoms with van der Waals surface area (Å²) in [6.07, 6.45) is 3.08. The molecule has 0 spiro atoms. The number of nitro benzene ring substituents is 1. The summed E-state index contributed by atoms with van der Waals surface area (Å²) in [5, 5.41) is 22.3. The van der Waals surface area contributed by atoms with Gasteiger partial charge in [-0.1, -0.05) is 6.07 Å². The van der Waals surface area contributed by atoms with Gasteiger partial charge >= 0.3 is 0 Å². The van der Waals surface area contributed by atoms with E-state index < -0.39 is 4.92 Å². The van der Waals surface area contributed by atoms with Gasteiger partial charge in [0.15, 0.2) is 0 Å². The standard InChI is InChI=1S/C14H16N4O3/c1-9-2-5-12(18(19)20)11(8-9)14-17-16-13(21-14)6-7-15-10-3-4-10/h2,5,8,10,15H,3-4,6-7H2,1H3. The third kappa shape index (κ3) is 3.25. The molecule has 0 aliphatic heterocycles. The Morgan fingerprint density at radius 1 is 1.43 bits per heavy atom. The second-order valence-corrected chi connectivity index (χ2v) is 5.26. The lowest BCUT2D eigenvalue weighted by atomic mass is 10.1. The highest BCUT2D eigenvalue weighted by Crippen LogP contribution is 2.29. The van der Waals surface area contributed by atoms with Crippen LogP contribution in [0.4, 0.5) is 5.69 Å². The van der Waals surface area contributed by atoms with Gasteiger partial charge in [-0.25, -0.2) is 0 Å². The number of rotatable bonds is 6. The van der Waals surface area contributed by atoms with Crippen LogP contribution < -0.4 is 5.32 Å². The first kappa shape index (κ1) is 13.7. The maximum absolute atomic E-state index is 11.1. The van der Waals surface area contributed by atoms with Crippen LogP contribution in [-0.4, -0.2) is 27.7 Å². The minimum atomic E-state index is -0.437.